The Balaban J connectivity index is 2.15. The molecule has 2 rings (SSSR count). The van der Waals surface area contributed by atoms with Crippen LogP contribution in [0.4, 0.5) is 5.13 Å². The molecule has 2 aromatic rings. The van der Waals surface area contributed by atoms with Gasteiger partial charge in [-0.25, -0.2) is 4.98 Å². The predicted molar refractivity (Wildman–Crippen MR) is 72.4 cm³/mol. The number of aromatic nitrogens is 3. The van der Waals surface area contributed by atoms with Crippen LogP contribution >= 0.6 is 11.3 Å². The smallest absolute Gasteiger partial charge is 0.183 e. The Morgan fingerprint density at radius 2 is 2.18 bits per heavy atom. The van der Waals surface area contributed by atoms with Gasteiger partial charge in [0, 0.05) is 31.0 Å². The number of anilines is 1. The van der Waals surface area contributed by atoms with Crippen molar-refractivity contribution < 1.29 is 0 Å². The molecule has 1 N–H and O–H groups in total. The first-order chi connectivity index (χ1) is 8.08. The summed E-state index contributed by atoms with van der Waals surface area (Å²) in [7, 11) is 1.96. The molecule has 4 nitrogen and oxygen atoms in total. The Hall–Kier alpha value is -1.36. The number of nitrogens with one attached hydrogen (secondary N) is 1. The van der Waals surface area contributed by atoms with Crippen LogP contribution in [0.3, 0.4) is 0 Å². The summed E-state index contributed by atoms with van der Waals surface area (Å²) < 4.78 is 1.89. The Morgan fingerprint density at radius 3 is 2.76 bits per heavy atom. The molecule has 0 aliphatic rings. The van der Waals surface area contributed by atoms with E-state index in [1.54, 1.807) is 11.3 Å². The quantitative estimate of drug-likeness (QED) is 0.907. The SMILES string of the molecule is Cc1c(-c2cnc(NCC(C)C)s2)cnn1C. The molecule has 0 atom stereocenters. The van der Waals surface area contributed by atoms with Crippen LogP contribution in [-0.2, 0) is 7.05 Å². The average molecular weight is 250 g/mol. The van der Waals surface area contributed by atoms with E-state index in [-0.39, 0.29) is 0 Å². The third-order valence-corrected chi connectivity index (χ3v) is 3.66. The minimum atomic E-state index is 0.627. The normalized spacial score (nSPS) is 11.1. The van der Waals surface area contributed by atoms with E-state index in [4.69, 9.17) is 0 Å². The van der Waals surface area contributed by atoms with Gasteiger partial charge in [0.25, 0.3) is 0 Å². The van der Waals surface area contributed by atoms with Gasteiger partial charge >= 0.3 is 0 Å². The maximum atomic E-state index is 4.39. The van der Waals surface area contributed by atoms with Crippen molar-refractivity contribution in [3.63, 3.8) is 0 Å². The first-order valence-electron chi connectivity index (χ1n) is 5.76. The fraction of sp³-hybridized carbons (Fsp3) is 0.500. The zero-order valence-electron chi connectivity index (χ0n) is 10.7. The van der Waals surface area contributed by atoms with Crippen molar-refractivity contribution in [3.8, 4) is 10.4 Å². The summed E-state index contributed by atoms with van der Waals surface area (Å²) in [4.78, 5) is 5.55. The van der Waals surface area contributed by atoms with E-state index in [2.05, 4.69) is 36.2 Å². The summed E-state index contributed by atoms with van der Waals surface area (Å²) in [5.41, 5.74) is 2.34. The van der Waals surface area contributed by atoms with Gasteiger partial charge in [0.2, 0.25) is 0 Å². The van der Waals surface area contributed by atoms with Crippen LogP contribution in [0.1, 0.15) is 19.5 Å². The van der Waals surface area contributed by atoms with Crippen LogP contribution < -0.4 is 5.32 Å². The molecular weight excluding hydrogens is 232 g/mol. The third-order valence-electron chi connectivity index (χ3n) is 2.67. The van der Waals surface area contributed by atoms with Crippen molar-refractivity contribution in [3.05, 3.63) is 18.1 Å². The summed E-state index contributed by atoms with van der Waals surface area (Å²) in [6.45, 7) is 7.40. The highest BCUT2D eigenvalue weighted by molar-refractivity contribution is 7.18. The number of thiazole rings is 1. The first-order valence-corrected chi connectivity index (χ1v) is 6.58. The highest BCUT2D eigenvalue weighted by atomic mass is 32.1. The minimum absolute atomic E-state index is 0.627. The number of hydrogen-bond donors (Lipinski definition) is 1. The molecular formula is C12H18N4S. The fourth-order valence-corrected chi connectivity index (χ4v) is 2.40. The monoisotopic (exact) mass is 250 g/mol. The lowest BCUT2D eigenvalue weighted by atomic mass is 10.2. The van der Waals surface area contributed by atoms with Crippen molar-refractivity contribution in [2.75, 3.05) is 11.9 Å². The van der Waals surface area contributed by atoms with Crippen LogP contribution in [0.15, 0.2) is 12.4 Å². The molecule has 0 saturated heterocycles. The fourth-order valence-electron chi connectivity index (χ4n) is 1.51. The Labute approximate surface area is 106 Å². The lowest BCUT2D eigenvalue weighted by Crippen LogP contribution is -2.07. The van der Waals surface area contributed by atoms with Gasteiger partial charge in [-0.1, -0.05) is 25.2 Å². The van der Waals surface area contributed by atoms with E-state index in [0.717, 1.165) is 11.7 Å². The molecule has 0 radical (unpaired) electrons. The topological polar surface area (TPSA) is 42.7 Å². The highest BCUT2D eigenvalue weighted by Crippen LogP contribution is 2.30. The Morgan fingerprint density at radius 1 is 1.41 bits per heavy atom. The van der Waals surface area contributed by atoms with E-state index >= 15 is 0 Å². The van der Waals surface area contributed by atoms with Crippen LogP contribution in [0.2, 0.25) is 0 Å². The number of aryl methyl sites for hydroxylation is 1. The molecule has 5 heteroatoms. The van der Waals surface area contributed by atoms with Crippen LogP contribution in [-0.4, -0.2) is 21.3 Å². The Bertz CT molecular complexity index is 498. The van der Waals surface area contributed by atoms with Crippen molar-refractivity contribution in [2.45, 2.75) is 20.8 Å². The molecule has 0 aliphatic heterocycles. The summed E-state index contributed by atoms with van der Waals surface area (Å²) >= 11 is 1.68. The van der Waals surface area contributed by atoms with Crippen LogP contribution in [0.5, 0.6) is 0 Å². The molecule has 0 saturated carbocycles. The summed E-state index contributed by atoms with van der Waals surface area (Å²) in [5, 5.41) is 8.58. The van der Waals surface area contributed by atoms with Gasteiger partial charge in [-0.3, -0.25) is 4.68 Å². The van der Waals surface area contributed by atoms with Gasteiger partial charge in [-0.15, -0.1) is 0 Å². The molecule has 2 heterocycles. The molecule has 0 unspecified atom stereocenters. The minimum Gasteiger partial charge on any atom is -0.361 e. The van der Waals surface area contributed by atoms with E-state index < -0.39 is 0 Å². The largest absolute Gasteiger partial charge is 0.361 e. The molecule has 2 aromatic heterocycles. The maximum Gasteiger partial charge on any atom is 0.183 e. The van der Waals surface area contributed by atoms with Gasteiger partial charge in [0.1, 0.15) is 0 Å². The lowest BCUT2D eigenvalue weighted by Gasteiger charge is -2.04. The maximum absolute atomic E-state index is 4.39. The lowest BCUT2D eigenvalue weighted by molar-refractivity contribution is 0.688. The van der Waals surface area contributed by atoms with Gasteiger partial charge < -0.3 is 5.32 Å². The van der Waals surface area contributed by atoms with Gasteiger partial charge in [0.15, 0.2) is 5.13 Å². The standard InChI is InChI=1S/C12H18N4S/c1-8(2)5-13-12-14-7-11(17-12)10-6-15-16(4)9(10)3/h6-8H,5H2,1-4H3,(H,13,14). The number of hydrogen-bond acceptors (Lipinski definition) is 4. The van der Waals surface area contributed by atoms with Gasteiger partial charge in [-0.2, -0.15) is 5.10 Å². The highest BCUT2D eigenvalue weighted by Gasteiger charge is 2.10. The zero-order valence-corrected chi connectivity index (χ0v) is 11.5. The molecule has 0 bridgehead atoms. The van der Waals surface area contributed by atoms with Crippen LogP contribution in [0, 0.1) is 12.8 Å². The van der Waals surface area contributed by atoms with Gasteiger partial charge in [0.05, 0.1) is 11.1 Å². The van der Waals surface area contributed by atoms with Crippen LogP contribution in [0.25, 0.3) is 10.4 Å². The molecule has 0 aromatic carbocycles. The third kappa shape index (κ3) is 2.66. The second kappa shape index (κ2) is 4.87. The first kappa shape index (κ1) is 12.1. The number of nitrogens with zero attached hydrogens (tertiary/aromatic N) is 3. The predicted octanol–water partition coefficient (Wildman–Crippen LogP) is 2.92. The Kier molecular flexibility index (Phi) is 3.47. The van der Waals surface area contributed by atoms with E-state index in [9.17, 15) is 0 Å². The van der Waals surface area contributed by atoms with E-state index in [0.29, 0.717) is 5.92 Å². The van der Waals surface area contributed by atoms with Gasteiger partial charge in [-0.05, 0) is 12.8 Å². The van der Waals surface area contributed by atoms with E-state index in [1.807, 2.05) is 24.1 Å². The summed E-state index contributed by atoms with van der Waals surface area (Å²) in [6.07, 6.45) is 3.81. The van der Waals surface area contributed by atoms with Crippen molar-refractivity contribution >= 4 is 16.5 Å². The molecule has 0 fully saturated rings. The molecule has 0 spiro atoms. The zero-order chi connectivity index (χ0) is 12.4. The summed E-state index contributed by atoms with van der Waals surface area (Å²) in [5.74, 6) is 0.627. The average Bonchev–Trinajstić information content (AvgIpc) is 2.85. The molecule has 92 valence electrons. The van der Waals surface area contributed by atoms with E-state index in [1.165, 1.54) is 16.1 Å². The number of rotatable bonds is 4. The molecule has 17 heavy (non-hydrogen) atoms. The molecule has 0 amide bonds. The second-order valence-electron chi connectivity index (χ2n) is 4.57. The summed E-state index contributed by atoms with van der Waals surface area (Å²) in [6, 6.07) is 0. The molecule has 0 aliphatic carbocycles. The van der Waals surface area contributed by atoms with Crippen molar-refractivity contribution in [2.24, 2.45) is 13.0 Å². The van der Waals surface area contributed by atoms with Crippen molar-refractivity contribution in [1.82, 2.24) is 14.8 Å². The second-order valence-corrected chi connectivity index (χ2v) is 5.60. The van der Waals surface area contributed by atoms with Crippen molar-refractivity contribution in [1.29, 1.82) is 0 Å².